The lowest BCUT2D eigenvalue weighted by Gasteiger charge is -2.09. The molecule has 0 bridgehead atoms. The summed E-state index contributed by atoms with van der Waals surface area (Å²) >= 11 is 7.07. The maximum atomic E-state index is 11.7. The van der Waals surface area contributed by atoms with E-state index in [2.05, 4.69) is 25.7 Å². The molecule has 0 fully saturated rings. The van der Waals surface area contributed by atoms with Gasteiger partial charge in [0.15, 0.2) is 10.8 Å². The van der Waals surface area contributed by atoms with Crippen LogP contribution in [0.15, 0.2) is 11.4 Å². The molecule has 0 aromatic carbocycles. The van der Waals surface area contributed by atoms with Crippen molar-refractivity contribution in [2.75, 3.05) is 43.8 Å². The van der Waals surface area contributed by atoms with Crippen molar-refractivity contribution in [1.82, 2.24) is 25.1 Å². The highest BCUT2D eigenvalue weighted by molar-refractivity contribution is 7.98. The highest BCUT2D eigenvalue weighted by atomic mass is 35.5. The fraction of sp³-hybridized carbons (Fsp3) is 0.625. The van der Waals surface area contributed by atoms with Crippen LogP contribution in [0.1, 0.15) is 19.8 Å². The van der Waals surface area contributed by atoms with Crippen molar-refractivity contribution in [2.45, 2.75) is 31.5 Å². The number of rotatable bonds is 12. The van der Waals surface area contributed by atoms with E-state index >= 15 is 0 Å². The number of nitrogens with one attached hydrogen (secondary N) is 2. The predicted octanol–water partition coefficient (Wildman–Crippen LogP) is 2.13. The molecule has 2 heterocycles. The summed E-state index contributed by atoms with van der Waals surface area (Å²) in [5.41, 5.74) is 0.748. The lowest BCUT2D eigenvalue weighted by atomic mass is 10.3. The van der Waals surface area contributed by atoms with Crippen LogP contribution >= 0.6 is 23.4 Å². The molecule has 0 saturated carbocycles. The van der Waals surface area contributed by atoms with Crippen molar-refractivity contribution in [3.05, 3.63) is 6.20 Å². The topological polar surface area (TPSA) is 94.0 Å². The second kappa shape index (κ2) is 11.2. The van der Waals surface area contributed by atoms with Gasteiger partial charge in [-0.3, -0.25) is 4.79 Å². The van der Waals surface area contributed by atoms with Crippen molar-refractivity contribution in [1.29, 1.82) is 0 Å². The molecule has 8 nitrogen and oxygen atoms in total. The number of ether oxygens (including phenoxy) is 1. The molecule has 2 N–H and O–H groups in total. The molecular weight excluding hydrogens is 376 g/mol. The molecule has 2 rings (SSSR count). The van der Waals surface area contributed by atoms with Gasteiger partial charge in [-0.05, 0) is 19.6 Å². The number of fused-ring (bicyclic) bond motifs is 1. The standard InChI is InChI=1S/C16H25ClN6O2S/c1-3-25-10-8-19-14-12-11-20-23(15(12)22-16(21-14)26-2)9-7-18-13(24)5-4-6-17/h11H,3-10H2,1-2H3,(H,18,24)(H,19,21,22). The van der Waals surface area contributed by atoms with Crippen LogP contribution in [0.4, 0.5) is 5.82 Å². The van der Waals surface area contributed by atoms with Crippen LogP contribution in [-0.2, 0) is 16.1 Å². The summed E-state index contributed by atoms with van der Waals surface area (Å²) in [6, 6.07) is 0. The van der Waals surface area contributed by atoms with E-state index in [1.165, 1.54) is 11.8 Å². The Morgan fingerprint density at radius 3 is 2.96 bits per heavy atom. The third kappa shape index (κ3) is 6.00. The zero-order chi connectivity index (χ0) is 18.8. The number of thioether (sulfide) groups is 1. The minimum absolute atomic E-state index is 0.000167. The van der Waals surface area contributed by atoms with Crippen LogP contribution in [0.25, 0.3) is 11.0 Å². The van der Waals surface area contributed by atoms with Gasteiger partial charge < -0.3 is 15.4 Å². The molecular formula is C16H25ClN6O2S. The second-order valence-electron chi connectivity index (χ2n) is 5.43. The molecule has 0 atom stereocenters. The quantitative estimate of drug-likeness (QED) is 0.244. The minimum atomic E-state index is -0.000167. The van der Waals surface area contributed by atoms with Crippen molar-refractivity contribution in [3.8, 4) is 0 Å². The minimum Gasteiger partial charge on any atom is -0.380 e. The summed E-state index contributed by atoms with van der Waals surface area (Å²) in [4.78, 5) is 20.7. The van der Waals surface area contributed by atoms with Gasteiger partial charge in [-0.25, -0.2) is 14.6 Å². The summed E-state index contributed by atoms with van der Waals surface area (Å²) in [5.74, 6) is 1.24. The second-order valence-corrected chi connectivity index (χ2v) is 6.58. The Balaban J connectivity index is 2.05. The third-order valence-corrected chi connectivity index (χ3v) is 4.40. The summed E-state index contributed by atoms with van der Waals surface area (Å²) in [6.45, 7) is 4.95. The number of alkyl halides is 1. The van der Waals surface area contributed by atoms with Crippen LogP contribution in [0, 0.1) is 0 Å². The molecule has 2 aromatic heterocycles. The Bertz CT molecular complexity index is 711. The normalized spacial score (nSPS) is 11.0. The SMILES string of the molecule is CCOCCNc1nc(SC)nc2c1cnn2CCNC(=O)CCCCl. The molecule has 0 saturated heterocycles. The van der Waals surface area contributed by atoms with Crippen LogP contribution in [0.2, 0.25) is 0 Å². The molecule has 0 aliphatic heterocycles. The highest BCUT2D eigenvalue weighted by Gasteiger charge is 2.13. The average Bonchev–Trinajstić information content (AvgIpc) is 3.06. The van der Waals surface area contributed by atoms with Gasteiger partial charge in [0, 0.05) is 32.0 Å². The largest absolute Gasteiger partial charge is 0.380 e. The van der Waals surface area contributed by atoms with Crippen LogP contribution in [0.3, 0.4) is 0 Å². The van der Waals surface area contributed by atoms with E-state index in [-0.39, 0.29) is 5.91 Å². The highest BCUT2D eigenvalue weighted by Crippen LogP contribution is 2.23. The first-order chi connectivity index (χ1) is 12.7. The Kier molecular flexibility index (Phi) is 8.93. The zero-order valence-electron chi connectivity index (χ0n) is 15.1. The summed E-state index contributed by atoms with van der Waals surface area (Å²) in [7, 11) is 0. The Labute approximate surface area is 162 Å². The maximum absolute atomic E-state index is 11.7. The van der Waals surface area contributed by atoms with Crippen molar-refractivity contribution in [3.63, 3.8) is 0 Å². The van der Waals surface area contributed by atoms with E-state index in [9.17, 15) is 4.79 Å². The summed E-state index contributed by atoms with van der Waals surface area (Å²) in [5, 5.41) is 12.1. The Morgan fingerprint density at radius 1 is 1.38 bits per heavy atom. The van der Waals surface area contributed by atoms with E-state index in [4.69, 9.17) is 16.3 Å². The Hall–Kier alpha value is -1.58. The monoisotopic (exact) mass is 400 g/mol. The van der Waals surface area contributed by atoms with Gasteiger partial charge in [-0.1, -0.05) is 11.8 Å². The fourth-order valence-corrected chi connectivity index (χ4v) is 2.82. The molecule has 0 radical (unpaired) electrons. The number of halogens is 1. The number of aromatic nitrogens is 4. The maximum Gasteiger partial charge on any atom is 0.220 e. The Morgan fingerprint density at radius 2 is 2.23 bits per heavy atom. The zero-order valence-corrected chi connectivity index (χ0v) is 16.7. The molecule has 0 aliphatic rings. The van der Waals surface area contributed by atoms with Gasteiger partial charge in [-0.15, -0.1) is 11.6 Å². The average molecular weight is 401 g/mol. The number of hydrogen-bond acceptors (Lipinski definition) is 7. The summed E-state index contributed by atoms with van der Waals surface area (Å²) < 4.78 is 7.14. The predicted molar refractivity (Wildman–Crippen MR) is 105 cm³/mol. The summed E-state index contributed by atoms with van der Waals surface area (Å²) in [6.07, 6.45) is 4.80. The van der Waals surface area contributed by atoms with E-state index in [1.807, 2.05) is 13.2 Å². The van der Waals surface area contributed by atoms with E-state index < -0.39 is 0 Å². The van der Waals surface area contributed by atoms with Crippen LogP contribution in [0.5, 0.6) is 0 Å². The molecule has 10 heteroatoms. The van der Waals surface area contributed by atoms with Gasteiger partial charge in [0.05, 0.1) is 24.7 Å². The number of carbonyl (C=O) groups is 1. The fourth-order valence-electron chi connectivity index (χ4n) is 2.33. The van der Waals surface area contributed by atoms with E-state index in [0.29, 0.717) is 56.7 Å². The van der Waals surface area contributed by atoms with Crippen molar-refractivity contribution < 1.29 is 9.53 Å². The van der Waals surface area contributed by atoms with Crippen LogP contribution < -0.4 is 10.6 Å². The molecule has 144 valence electrons. The van der Waals surface area contributed by atoms with Gasteiger partial charge in [0.25, 0.3) is 0 Å². The van der Waals surface area contributed by atoms with Gasteiger partial charge >= 0.3 is 0 Å². The van der Waals surface area contributed by atoms with E-state index in [1.54, 1.807) is 10.9 Å². The molecule has 1 amide bonds. The number of hydrogen-bond donors (Lipinski definition) is 2. The van der Waals surface area contributed by atoms with Crippen molar-refractivity contribution >= 4 is 46.1 Å². The van der Waals surface area contributed by atoms with E-state index in [0.717, 1.165) is 16.9 Å². The molecule has 2 aromatic rings. The first-order valence-electron chi connectivity index (χ1n) is 8.61. The molecule has 0 aliphatic carbocycles. The first-order valence-corrected chi connectivity index (χ1v) is 10.4. The van der Waals surface area contributed by atoms with Gasteiger partial charge in [0.1, 0.15) is 5.82 Å². The molecule has 0 unspecified atom stereocenters. The molecule has 0 spiro atoms. The van der Waals surface area contributed by atoms with Crippen molar-refractivity contribution in [2.24, 2.45) is 0 Å². The lowest BCUT2D eigenvalue weighted by molar-refractivity contribution is -0.121. The van der Waals surface area contributed by atoms with Crippen LogP contribution in [-0.4, -0.2) is 64.1 Å². The smallest absolute Gasteiger partial charge is 0.220 e. The van der Waals surface area contributed by atoms with Gasteiger partial charge in [0.2, 0.25) is 5.91 Å². The molecule has 26 heavy (non-hydrogen) atoms. The number of anilines is 1. The van der Waals surface area contributed by atoms with Gasteiger partial charge in [-0.2, -0.15) is 5.10 Å². The number of nitrogens with zero attached hydrogens (tertiary/aromatic N) is 4. The number of amides is 1. The first kappa shape index (κ1) is 20.7. The third-order valence-electron chi connectivity index (χ3n) is 3.58. The number of carbonyl (C=O) groups excluding carboxylic acids is 1. The lowest BCUT2D eigenvalue weighted by Crippen LogP contribution is -2.27.